The lowest BCUT2D eigenvalue weighted by Gasteiger charge is -2.05. The number of ether oxygens (including phenoxy) is 2. The van der Waals surface area contributed by atoms with Crippen molar-refractivity contribution in [1.29, 1.82) is 0 Å². The minimum absolute atomic E-state index is 0.0464. The Morgan fingerprint density at radius 2 is 1.88 bits per heavy atom. The van der Waals surface area contributed by atoms with Crippen LogP contribution in [0.4, 0.5) is 0 Å². The monoisotopic (exact) mass is 519 g/mol. The zero-order chi connectivity index (χ0) is 24.1. The van der Waals surface area contributed by atoms with Crippen molar-refractivity contribution in [1.82, 2.24) is 10.3 Å². The smallest absolute Gasteiger partial charge is 0.238 e. The van der Waals surface area contributed by atoms with Crippen molar-refractivity contribution in [3.05, 3.63) is 64.7 Å². The Hall–Kier alpha value is -2.93. The average Bonchev–Trinajstić information content (AvgIpc) is 3.46. The molecule has 3 N–H and O–H groups in total. The fourth-order valence-corrected chi connectivity index (χ4v) is 5.39. The normalized spacial score (nSPS) is 12.5. The molecule has 34 heavy (non-hydrogen) atoms. The van der Waals surface area contributed by atoms with Gasteiger partial charge in [-0.3, -0.25) is 9.59 Å². The number of ketones is 1. The van der Waals surface area contributed by atoms with Crippen LogP contribution in [-0.2, 0) is 27.7 Å². The maximum absolute atomic E-state index is 12.5. The van der Waals surface area contributed by atoms with Crippen molar-refractivity contribution >= 4 is 44.8 Å². The summed E-state index contributed by atoms with van der Waals surface area (Å²) in [5.41, 5.74) is 2.07. The molecule has 4 rings (SSSR count). The number of thiazole rings is 1. The molecule has 0 radical (unpaired) electrons. The summed E-state index contributed by atoms with van der Waals surface area (Å²) in [7, 11) is -3.72. The number of nitrogens with two attached hydrogens (primary N) is 1. The first-order chi connectivity index (χ1) is 16.3. The molecule has 0 atom stereocenters. The molecule has 0 fully saturated rings. The van der Waals surface area contributed by atoms with Gasteiger partial charge in [-0.15, -0.1) is 11.3 Å². The minimum atomic E-state index is -3.72. The largest absolute Gasteiger partial charge is 0.454 e. The molecule has 1 aromatic heterocycles. The molecule has 0 saturated heterocycles. The topological polar surface area (TPSA) is 138 Å². The highest BCUT2D eigenvalue weighted by molar-refractivity contribution is 8.01. The molecule has 0 spiro atoms. The van der Waals surface area contributed by atoms with E-state index in [4.69, 9.17) is 14.6 Å². The van der Waals surface area contributed by atoms with Gasteiger partial charge in [0.1, 0.15) is 0 Å². The Morgan fingerprint density at radius 3 is 2.65 bits per heavy atom. The fourth-order valence-electron chi connectivity index (χ4n) is 3.14. The second-order valence-corrected chi connectivity index (χ2v) is 11.0. The van der Waals surface area contributed by atoms with E-state index in [-0.39, 0.29) is 35.6 Å². The Balaban J connectivity index is 1.20. The van der Waals surface area contributed by atoms with Crippen LogP contribution < -0.4 is 19.9 Å². The maximum Gasteiger partial charge on any atom is 0.238 e. The molecule has 0 aliphatic carbocycles. The van der Waals surface area contributed by atoms with Crippen LogP contribution >= 0.6 is 23.1 Å². The van der Waals surface area contributed by atoms with E-state index in [0.29, 0.717) is 40.1 Å². The summed E-state index contributed by atoms with van der Waals surface area (Å²) >= 11 is 2.71. The number of benzene rings is 2. The quantitative estimate of drug-likeness (QED) is 0.308. The molecule has 1 aliphatic heterocycles. The van der Waals surface area contributed by atoms with Crippen molar-refractivity contribution in [3.8, 4) is 11.5 Å². The van der Waals surface area contributed by atoms with Crippen molar-refractivity contribution in [2.24, 2.45) is 5.14 Å². The third-order valence-corrected chi connectivity index (χ3v) is 7.88. The molecular formula is C22H21N3O6S3. The fraction of sp³-hybridized carbons (Fsp3) is 0.227. The highest BCUT2D eigenvalue weighted by Crippen LogP contribution is 2.33. The number of carbonyl (C=O) groups excluding carboxylic acids is 2. The van der Waals surface area contributed by atoms with E-state index in [2.05, 4.69) is 10.3 Å². The predicted octanol–water partition coefficient (Wildman–Crippen LogP) is 2.40. The van der Waals surface area contributed by atoms with Gasteiger partial charge in [-0.05, 0) is 42.3 Å². The lowest BCUT2D eigenvalue weighted by molar-refractivity contribution is -0.120. The second kappa shape index (κ2) is 10.6. The van der Waals surface area contributed by atoms with E-state index >= 15 is 0 Å². The van der Waals surface area contributed by atoms with E-state index in [1.165, 1.54) is 35.2 Å². The molecule has 3 aromatic rings. The summed E-state index contributed by atoms with van der Waals surface area (Å²) in [5, 5.41) is 9.71. The zero-order valence-corrected chi connectivity index (χ0v) is 20.3. The maximum atomic E-state index is 12.5. The molecular weight excluding hydrogens is 498 g/mol. The highest BCUT2D eigenvalue weighted by atomic mass is 32.2. The standard InChI is InChI=1S/C22H21N3O6S3/c23-34(28,29)17-4-1-14(2-5-17)7-8-24-21(27)10-16-11-32-22(25-16)33-12-18(26)15-3-6-19-20(9-15)31-13-30-19/h1-6,9,11H,7-8,10,12-13H2,(H,24,27)(H2,23,28,29). The van der Waals surface area contributed by atoms with E-state index < -0.39 is 10.0 Å². The number of rotatable bonds is 10. The van der Waals surface area contributed by atoms with Crippen LogP contribution in [0.15, 0.2) is 57.1 Å². The Labute approximate surface area is 204 Å². The first-order valence-corrected chi connectivity index (χ1v) is 13.6. The van der Waals surface area contributed by atoms with Crippen LogP contribution in [0.1, 0.15) is 21.6 Å². The summed E-state index contributed by atoms with van der Waals surface area (Å²) in [4.78, 5) is 29.2. The zero-order valence-electron chi connectivity index (χ0n) is 17.9. The number of nitrogens with zero attached hydrogens (tertiary/aromatic N) is 1. The first-order valence-electron chi connectivity index (χ1n) is 10.2. The molecule has 2 aromatic carbocycles. The number of hydrogen-bond acceptors (Lipinski definition) is 9. The molecule has 2 heterocycles. The van der Waals surface area contributed by atoms with Crippen LogP contribution in [-0.4, -0.2) is 44.2 Å². The van der Waals surface area contributed by atoms with Crippen LogP contribution in [0.25, 0.3) is 0 Å². The van der Waals surface area contributed by atoms with Crippen LogP contribution in [0.2, 0.25) is 0 Å². The number of aromatic nitrogens is 1. The highest BCUT2D eigenvalue weighted by Gasteiger charge is 2.17. The van der Waals surface area contributed by atoms with Gasteiger partial charge in [-0.25, -0.2) is 18.5 Å². The van der Waals surface area contributed by atoms with Gasteiger partial charge in [0, 0.05) is 17.5 Å². The number of amides is 1. The third-order valence-electron chi connectivity index (χ3n) is 4.88. The lowest BCUT2D eigenvalue weighted by atomic mass is 10.1. The van der Waals surface area contributed by atoms with E-state index in [1.807, 2.05) is 0 Å². The molecule has 9 nitrogen and oxygen atoms in total. The molecule has 0 bridgehead atoms. The number of nitrogens with one attached hydrogen (secondary N) is 1. The predicted molar refractivity (Wildman–Crippen MR) is 128 cm³/mol. The molecule has 178 valence electrons. The van der Waals surface area contributed by atoms with Gasteiger partial charge in [0.25, 0.3) is 0 Å². The molecule has 1 amide bonds. The number of primary sulfonamides is 1. The van der Waals surface area contributed by atoms with Crippen LogP contribution in [0.5, 0.6) is 11.5 Å². The molecule has 12 heteroatoms. The third kappa shape index (κ3) is 6.35. The number of thioether (sulfide) groups is 1. The van der Waals surface area contributed by atoms with E-state index in [0.717, 1.165) is 5.56 Å². The van der Waals surface area contributed by atoms with Gasteiger partial charge < -0.3 is 14.8 Å². The summed E-state index contributed by atoms with van der Waals surface area (Å²) in [6.45, 7) is 0.564. The second-order valence-electron chi connectivity index (χ2n) is 7.35. The average molecular weight is 520 g/mol. The van der Waals surface area contributed by atoms with Crippen molar-refractivity contribution in [3.63, 3.8) is 0 Å². The van der Waals surface area contributed by atoms with Gasteiger partial charge in [0.05, 0.1) is 22.8 Å². The van der Waals surface area contributed by atoms with Gasteiger partial charge in [-0.1, -0.05) is 23.9 Å². The van der Waals surface area contributed by atoms with Gasteiger partial charge in [0.15, 0.2) is 21.6 Å². The number of hydrogen-bond donors (Lipinski definition) is 2. The van der Waals surface area contributed by atoms with E-state index in [9.17, 15) is 18.0 Å². The van der Waals surface area contributed by atoms with Crippen LogP contribution in [0, 0.1) is 0 Å². The molecule has 0 unspecified atom stereocenters. The molecule has 0 saturated carbocycles. The summed E-state index contributed by atoms with van der Waals surface area (Å²) < 4.78 is 33.9. The van der Waals surface area contributed by atoms with E-state index in [1.54, 1.807) is 35.7 Å². The van der Waals surface area contributed by atoms with Crippen molar-refractivity contribution < 1.29 is 27.5 Å². The Morgan fingerprint density at radius 1 is 1.12 bits per heavy atom. The number of Topliss-reactive ketones (excluding diaryl/α,β-unsaturated/α-hetero) is 1. The first kappa shape index (κ1) is 24.2. The minimum Gasteiger partial charge on any atom is -0.454 e. The number of fused-ring (bicyclic) bond motifs is 1. The van der Waals surface area contributed by atoms with Gasteiger partial charge in [0.2, 0.25) is 22.7 Å². The number of carbonyl (C=O) groups is 2. The lowest BCUT2D eigenvalue weighted by Crippen LogP contribution is -2.27. The summed E-state index contributed by atoms with van der Waals surface area (Å²) in [5.74, 6) is 1.21. The van der Waals surface area contributed by atoms with Crippen molar-refractivity contribution in [2.75, 3.05) is 19.1 Å². The summed E-state index contributed by atoms with van der Waals surface area (Å²) in [6.07, 6.45) is 0.689. The van der Waals surface area contributed by atoms with Gasteiger partial charge >= 0.3 is 0 Å². The number of sulfonamides is 1. The Kier molecular flexibility index (Phi) is 7.51. The Bertz CT molecular complexity index is 1310. The van der Waals surface area contributed by atoms with Gasteiger partial charge in [-0.2, -0.15) is 0 Å². The SMILES string of the molecule is NS(=O)(=O)c1ccc(CCNC(=O)Cc2csc(SCC(=O)c3ccc4c(c3)OCO4)n2)cc1. The summed E-state index contributed by atoms with van der Waals surface area (Å²) in [6, 6.07) is 11.3. The van der Waals surface area contributed by atoms with Crippen LogP contribution in [0.3, 0.4) is 0 Å². The van der Waals surface area contributed by atoms with Crippen molar-refractivity contribution in [2.45, 2.75) is 22.1 Å². The molecule has 1 aliphatic rings.